The van der Waals surface area contributed by atoms with Crippen molar-refractivity contribution in [1.29, 1.82) is 0 Å². The Morgan fingerprint density at radius 1 is 1.24 bits per heavy atom. The molecule has 0 radical (unpaired) electrons. The first-order valence-corrected chi connectivity index (χ1v) is 6.84. The number of nitrogens with one attached hydrogen (secondary N) is 2. The normalized spacial score (nSPS) is 22.9. The number of rotatable bonds is 3. The molecular formula is C14H17F3N2O2. The number of carbonyl (C=O) groups is 2. The fourth-order valence-electron chi connectivity index (χ4n) is 2.56. The van der Waals surface area contributed by atoms with Gasteiger partial charge in [0.05, 0.1) is 5.92 Å². The summed E-state index contributed by atoms with van der Waals surface area (Å²) < 4.78 is 37.6. The molecule has 4 nitrogen and oxygen atoms in total. The summed E-state index contributed by atoms with van der Waals surface area (Å²) in [6, 6.07) is 1.19. The van der Waals surface area contributed by atoms with Crippen molar-refractivity contribution < 1.29 is 22.8 Å². The Balaban J connectivity index is 1.88. The Kier molecular flexibility index (Phi) is 4.39. The number of halogens is 3. The zero-order valence-corrected chi connectivity index (χ0v) is 11.6. The third-order valence-corrected chi connectivity index (χ3v) is 3.86. The van der Waals surface area contributed by atoms with E-state index >= 15 is 0 Å². The molecule has 0 spiro atoms. The maximum atomic E-state index is 12.5. The number of aromatic nitrogens is 1. The summed E-state index contributed by atoms with van der Waals surface area (Å²) in [5.41, 5.74) is 0.652. The molecule has 0 aliphatic heterocycles. The van der Waals surface area contributed by atoms with Gasteiger partial charge < -0.3 is 10.3 Å². The Labute approximate surface area is 120 Å². The van der Waals surface area contributed by atoms with Crippen LogP contribution in [0.2, 0.25) is 0 Å². The van der Waals surface area contributed by atoms with E-state index in [4.69, 9.17) is 0 Å². The summed E-state index contributed by atoms with van der Waals surface area (Å²) >= 11 is 0. The number of aromatic amines is 1. The first kappa shape index (κ1) is 15.6. The maximum absolute atomic E-state index is 12.5. The van der Waals surface area contributed by atoms with Gasteiger partial charge in [-0.05, 0) is 38.7 Å². The van der Waals surface area contributed by atoms with Crippen LogP contribution < -0.4 is 5.32 Å². The van der Waals surface area contributed by atoms with Gasteiger partial charge in [0.15, 0.2) is 5.78 Å². The molecule has 2 rings (SSSR count). The van der Waals surface area contributed by atoms with Crippen LogP contribution in [-0.2, 0) is 0 Å². The first-order valence-electron chi connectivity index (χ1n) is 6.84. The minimum absolute atomic E-state index is 0.0396. The number of Topliss-reactive ketones (excluding diaryl/α,β-unsaturated/α-hetero) is 1. The summed E-state index contributed by atoms with van der Waals surface area (Å²) in [7, 11) is 0. The van der Waals surface area contributed by atoms with E-state index in [1.165, 1.54) is 19.2 Å². The molecule has 0 atom stereocenters. The van der Waals surface area contributed by atoms with Crippen LogP contribution in [0, 0.1) is 5.92 Å². The first-order chi connectivity index (χ1) is 9.77. The minimum Gasteiger partial charge on any atom is -0.356 e. The van der Waals surface area contributed by atoms with Crippen LogP contribution in [0.15, 0.2) is 12.3 Å². The lowest BCUT2D eigenvalue weighted by Gasteiger charge is -2.30. The quantitative estimate of drug-likeness (QED) is 0.843. The van der Waals surface area contributed by atoms with Crippen LogP contribution in [-0.4, -0.2) is 28.9 Å². The van der Waals surface area contributed by atoms with Gasteiger partial charge in [0.25, 0.3) is 5.91 Å². The number of amides is 1. The summed E-state index contributed by atoms with van der Waals surface area (Å²) in [5, 5.41) is 2.71. The van der Waals surface area contributed by atoms with Crippen molar-refractivity contribution in [3.63, 3.8) is 0 Å². The van der Waals surface area contributed by atoms with E-state index in [2.05, 4.69) is 10.3 Å². The zero-order valence-electron chi connectivity index (χ0n) is 11.6. The average Bonchev–Trinajstić information content (AvgIpc) is 2.88. The molecule has 7 heteroatoms. The number of carbonyl (C=O) groups excluding carboxylic acids is 2. The van der Waals surface area contributed by atoms with Crippen molar-refractivity contribution >= 4 is 11.7 Å². The molecule has 0 saturated heterocycles. The van der Waals surface area contributed by atoms with Gasteiger partial charge in [0.1, 0.15) is 5.69 Å². The second kappa shape index (κ2) is 5.91. The van der Waals surface area contributed by atoms with E-state index < -0.39 is 18.0 Å². The summed E-state index contributed by atoms with van der Waals surface area (Å²) in [5.74, 6) is -1.81. The highest BCUT2D eigenvalue weighted by Crippen LogP contribution is 2.37. The molecule has 0 aromatic carbocycles. The van der Waals surface area contributed by atoms with Crippen molar-refractivity contribution in [3.05, 3.63) is 23.5 Å². The Morgan fingerprint density at radius 3 is 2.33 bits per heavy atom. The fourth-order valence-corrected chi connectivity index (χ4v) is 2.56. The zero-order chi connectivity index (χ0) is 15.6. The van der Waals surface area contributed by atoms with Crippen LogP contribution >= 0.6 is 0 Å². The standard InChI is InChI=1S/C14H17F3N2O2/c1-8(20)9-6-12(18-7-9)13(21)19-11-4-2-10(3-5-11)14(15,16)17/h6-7,10-11,18H,2-5H2,1H3,(H,19,21). The Bertz CT molecular complexity index is 529. The largest absolute Gasteiger partial charge is 0.391 e. The van der Waals surface area contributed by atoms with E-state index in [0.29, 0.717) is 18.4 Å². The number of alkyl halides is 3. The molecule has 1 aromatic heterocycles. The molecule has 1 heterocycles. The molecule has 2 N–H and O–H groups in total. The third-order valence-electron chi connectivity index (χ3n) is 3.86. The van der Waals surface area contributed by atoms with Crippen LogP contribution in [0.1, 0.15) is 53.5 Å². The predicted molar refractivity (Wildman–Crippen MR) is 70.1 cm³/mol. The van der Waals surface area contributed by atoms with E-state index in [9.17, 15) is 22.8 Å². The van der Waals surface area contributed by atoms with Crippen molar-refractivity contribution in [1.82, 2.24) is 10.3 Å². The SMILES string of the molecule is CC(=O)c1c[nH]c(C(=O)NC2CCC(C(F)(F)F)CC2)c1. The van der Waals surface area contributed by atoms with E-state index in [1.807, 2.05) is 0 Å². The molecule has 116 valence electrons. The van der Waals surface area contributed by atoms with Gasteiger partial charge in [-0.2, -0.15) is 13.2 Å². The number of hydrogen-bond acceptors (Lipinski definition) is 2. The van der Waals surface area contributed by atoms with Gasteiger partial charge >= 0.3 is 6.18 Å². The van der Waals surface area contributed by atoms with Gasteiger partial charge in [-0.3, -0.25) is 9.59 Å². The van der Waals surface area contributed by atoms with Crippen molar-refractivity contribution in [3.8, 4) is 0 Å². The van der Waals surface area contributed by atoms with E-state index in [-0.39, 0.29) is 30.4 Å². The highest BCUT2D eigenvalue weighted by molar-refractivity contribution is 5.99. The van der Waals surface area contributed by atoms with Crippen LogP contribution in [0.25, 0.3) is 0 Å². The van der Waals surface area contributed by atoms with Crippen LogP contribution in [0.5, 0.6) is 0 Å². The Hall–Kier alpha value is -1.79. The lowest BCUT2D eigenvalue weighted by Crippen LogP contribution is -2.40. The van der Waals surface area contributed by atoms with Crippen molar-refractivity contribution in [2.45, 2.75) is 44.8 Å². The third kappa shape index (κ3) is 3.86. The lowest BCUT2D eigenvalue weighted by molar-refractivity contribution is -0.182. The second-order valence-corrected chi connectivity index (χ2v) is 5.42. The highest BCUT2D eigenvalue weighted by Gasteiger charge is 2.41. The smallest absolute Gasteiger partial charge is 0.356 e. The summed E-state index contributed by atoms with van der Waals surface area (Å²) in [4.78, 5) is 25.8. The molecule has 1 amide bonds. The molecule has 1 fully saturated rings. The molecule has 21 heavy (non-hydrogen) atoms. The Morgan fingerprint density at radius 2 is 1.86 bits per heavy atom. The molecule has 1 aliphatic carbocycles. The predicted octanol–water partition coefficient (Wildman–Crippen LogP) is 3.07. The monoisotopic (exact) mass is 302 g/mol. The van der Waals surface area contributed by atoms with Crippen molar-refractivity contribution in [2.75, 3.05) is 0 Å². The topological polar surface area (TPSA) is 62.0 Å². The van der Waals surface area contributed by atoms with Gasteiger partial charge in [-0.15, -0.1) is 0 Å². The highest BCUT2D eigenvalue weighted by atomic mass is 19.4. The van der Waals surface area contributed by atoms with Gasteiger partial charge in [-0.25, -0.2) is 0 Å². The summed E-state index contributed by atoms with van der Waals surface area (Å²) in [6.07, 6.45) is -2.00. The van der Waals surface area contributed by atoms with Crippen molar-refractivity contribution in [2.24, 2.45) is 5.92 Å². The molecule has 0 unspecified atom stereocenters. The molecule has 1 aromatic rings. The maximum Gasteiger partial charge on any atom is 0.391 e. The van der Waals surface area contributed by atoms with Gasteiger partial charge in [0, 0.05) is 17.8 Å². The van der Waals surface area contributed by atoms with E-state index in [0.717, 1.165) is 0 Å². The van der Waals surface area contributed by atoms with Gasteiger partial charge in [-0.1, -0.05) is 0 Å². The van der Waals surface area contributed by atoms with Crippen LogP contribution in [0.3, 0.4) is 0 Å². The fraction of sp³-hybridized carbons (Fsp3) is 0.571. The molecule has 1 aliphatic rings. The number of hydrogen-bond donors (Lipinski definition) is 2. The molecule has 1 saturated carbocycles. The number of ketones is 1. The molecular weight excluding hydrogens is 285 g/mol. The van der Waals surface area contributed by atoms with E-state index in [1.54, 1.807) is 0 Å². The summed E-state index contributed by atoms with van der Waals surface area (Å²) in [6.45, 7) is 1.39. The molecule has 0 bridgehead atoms. The van der Waals surface area contributed by atoms with Crippen LogP contribution in [0.4, 0.5) is 13.2 Å². The lowest BCUT2D eigenvalue weighted by atomic mass is 9.85. The number of H-pyrrole nitrogens is 1. The average molecular weight is 302 g/mol. The second-order valence-electron chi connectivity index (χ2n) is 5.42. The van der Waals surface area contributed by atoms with Gasteiger partial charge in [0.2, 0.25) is 0 Å². The minimum atomic E-state index is -4.15.